The zero-order valence-corrected chi connectivity index (χ0v) is 14.6. The van der Waals surface area contributed by atoms with Gasteiger partial charge < -0.3 is 5.32 Å². The van der Waals surface area contributed by atoms with Crippen molar-refractivity contribution in [3.63, 3.8) is 0 Å². The second-order valence-electron chi connectivity index (χ2n) is 5.65. The number of carbonyl (C=O) groups excluding carboxylic acids is 2. The Hall–Kier alpha value is -2.37. The third-order valence-electron chi connectivity index (χ3n) is 4.02. The van der Waals surface area contributed by atoms with Gasteiger partial charge in [0.2, 0.25) is 5.91 Å². The molecule has 25 heavy (non-hydrogen) atoms. The Labute approximate surface area is 155 Å². The molecule has 0 unspecified atom stereocenters. The molecule has 2 aromatic carbocycles. The summed E-state index contributed by atoms with van der Waals surface area (Å²) in [5.41, 5.74) is 4.06. The molecule has 1 saturated heterocycles. The van der Waals surface area contributed by atoms with E-state index in [1.165, 1.54) is 6.21 Å². The molecular weight excluding hydrogens is 361 g/mol. The van der Waals surface area contributed by atoms with Gasteiger partial charge in [-0.2, -0.15) is 5.10 Å². The average Bonchev–Trinajstić information content (AvgIpc) is 3.00. The van der Waals surface area contributed by atoms with Crippen molar-refractivity contribution in [2.45, 2.75) is 5.92 Å². The first-order chi connectivity index (χ1) is 12.1. The van der Waals surface area contributed by atoms with Crippen LogP contribution >= 0.6 is 23.2 Å². The number of nitrogens with one attached hydrogen (secondary N) is 2. The second kappa shape index (κ2) is 7.68. The van der Waals surface area contributed by atoms with Crippen molar-refractivity contribution in [1.82, 2.24) is 10.7 Å². The number of hydrogen-bond acceptors (Lipinski definition) is 3. The summed E-state index contributed by atoms with van der Waals surface area (Å²) in [5, 5.41) is 7.49. The molecule has 7 heteroatoms. The zero-order chi connectivity index (χ0) is 17.8. The molecule has 5 nitrogen and oxygen atoms in total. The van der Waals surface area contributed by atoms with Gasteiger partial charge in [0, 0.05) is 12.5 Å². The highest BCUT2D eigenvalue weighted by atomic mass is 35.5. The van der Waals surface area contributed by atoms with Gasteiger partial charge in [0.15, 0.2) is 0 Å². The van der Waals surface area contributed by atoms with Crippen molar-refractivity contribution in [2.24, 2.45) is 11.0 Å². The largest absolute Gasteiger partial charge is 0.355 e. The van der Waals surface area contributed by atoms with E-state index in [-0.39, 0.29) is 11.8 Å². The molecule has 128 valence electrons. The topological polar surface area (TPSA) is 70.6 Å². The molecule has 0 bridgehead atoms. The number of hydrogen-bond donors (Lipinski definition) is 2. The highest BCUT2D eigenvalue weighted by Crippen LogP contribution is 2.29. The lowest BCUT2D eigenvalue weighted by atomic mass is 9.88. The van der Waals surface area contributed by atoms with Crippen molar-refractivity contribution in [1.29, 1.82) is 0 Å². The van der Waals surface area contributed by atoms with Crippen LogP contribution in [0.5, 0.6) is 0 Å². The van der Waals surface area contributed by atoms with Crippen LogP contribution in [-0.2, 0) is 9.59 Å². The highest BCUT2D eigenvalue weighted by Gasteiger charge is 2.40. The Morgan fingerprint density at radius 2 is 1.92 bits per heavy atom. The first-order valence-corrected chi connectivity index (χ1v) is 8.42. The smallest absolute Gasteiger partial charge is 0.253 e. The molecule has 2 N–H and O–H groups in total. The van der Waals surface area contributed by atoms with Gasteiger partial charge in [-0.25, -0.2) is 5.43 Å². The summed E-state index contributed by atoms with van der Waals surface area (Å²) in [4.78, 5) is 24.5. The third kappa shape index (κ3) is 4.00. The molecule has 0 aliphatic carbocycles. The molecular formula is C18H15Cl2N3O2. The first kappa shape index (κ1) is 17.5. The van der Waals surface area contributed by atoms with Gasteiger partial charge in [0.25, 0.3) is 5.91 Å². The first-order valence-electron chi connectivity index (χ1n) is 7.67. The van der Waals surface area contributed by atoms with E-state index >= 15 is 0 Å². The summed E-state index contributed by atoms with van der Waals surface area (Å²) in [6.45, 7) is 0.428. The molecule has 2 atom stereocenters. The van der Waals surface area contributed by atoms with Crippen molar-refractivity contribution in [3.05, 3.63) is 69.7 Å². The average molecular weight is 376 g/mol. The molecule has 2 amide bonds. The van der Waals surface area contributed by atoms with Gasteiger partial charge in [-0.05, 0) is 23.3 Å². The maximum absolute atomic E-state index is 12.4. The summed E-state index contributed by atoms with van der Waals surface area (Å²) >= 11 is 11.8. The SMILES string of the molecule is O=C1NC[C@H](c2ccccc2)[C@H]1C(=O)N/N=C/c1ccc(Cl)c(Cl)c1. The number of benzene rings is 2. The Morgan fingerprint density at radius 3 is 2.64 bits per heavy atom. The van der Waals surface area contributed by atoms with Crippen molar-refractivity contribution >= 4 is 41.2 Å². The van der Waals surface area contributed by atoms with E-state index in [1.54, 1.807) is 18.2 Å². The van der Waals surface area contributed by atoms with Crippen LogP contribution in [0, 0.1) is 5.92 Å². The summed E-state index contributed by atoms with van der Waals surface area (Å²) in [7, 11) is 0. The molecule has 1 aliphatic heterocycles. The van der Waals surface area contributed by atoms with Crippen LogP contribution in [0.1, 0.15) is 17.0 Å². The second-order valence-corrected chi connectivity index (χ2v) is 6.46. The van der Waals surface area contributed by atoms with Crippen molar-refractivity contribution in [2.75, 3.05) is 6.54 Å². The highest BCUT2D eigenvalue weighted by molar-refractivity contribution is 6.42. The van der Waals surface area contributed by atoms with Crippen LogP contribution in [0.4, 0.5) is 0 Å². The zero-order valence-electron chi connectivity index (χ0n) is 13.1. The number of amides is 2. The van der Waals surface area contributed by atoms with E-state index in [1.807, 2.05) is 30.3 Å². The van der Waals surface area contributed by atoms with Crippen LogP contribution in [0.3, 0.4) is 0 Å². The number of hydrazone groups is 1. The molecule has 0 radical (unpaired) electrons. The minimum Gasteiger partial charge on any atom is -0.355 e. The quantitative estimate of drug-likeness (QED) is 0.489. The van der Waals surface area contributed by atoms with E-state index < -0.39 is 11.8 Å². The van der Waals surface area contributed by atoms with E-state index in [2.05, 4.69) is 15.8 Å². The number of carbonyl (C=O) groups is 2. The lowest BCUT2D eigenvalue weighted by Gasteiger charge is -2.15. The fraction of sp³-hybridized carbons (Fsp3) is 0.167. The summed E-state index contributed by atoms with van der Waals surface area (Å²) in [6.07, 6.45) is 1.45. The lowest BCUT2D eigenvalue weighted by Crippen LogP contribution is -2.34. The van der Waals surface area contributed by atoms with Crippen molar-refractivity contribution < 1.29 is 9.59 Å². The Bertz CT molecular complexity index is 824. The van der Waals surface area contributed by atoms with Crippen LogP contribution in [-0.4, -0.2) is 24.6 Å². The molecule has 0 aromatic heterocycles. The Morgan fingerprint density at radius 1 is 1.16 bits per heavy atom. The Kier molecular flexibility index (Phi) is 5.36. The maximum Gasteiger partial charge on any atom is 0.253 e. The predicted molar refractivity (Wildman–Crippen MR) is 97.9 cm³/mol. The summed E-state index contributed by atoms with van der Waals surface area (Å²) in [6, 6.07) is 14.5. The fourth-order valence-electron chi connectivity index (χ4n) is 2.77. The van der Waals surface area contributed by atoms with Crippen LogP contribution in [0.25, 0.3) is 0 Å². The minimum atomic E-state index is -0.812. The molecule has 1 aliphatic rings. The minimum absolute atomic E-state index is 0.214. The molecule has 3 rings (SSSR count). The molecule has 0 saturated carbocycles. The van der Waals surface area contributed by atoms with Gasteiger partial charge in [-0.15, -0.1) is 0 Å². The van der Waals surface area contributed by atoms with E-state index in [0.29, 0.717) is 22.2 Å². The predicted octanol–water partition coefficient (Wildman–Crippen LogP) is 2.97. The van der Waals surface area contributed by atoms with Gasteiger partial charge in [-0.1, -0.05) is 59.6 Å². The van der Waals surface area contributed by atoms with Crippen molar-refractivity contribution in [3.8, 4) is 0 Å². The summed E-state index contributed by atoms with van der Waals surface area (Å²) < 4.78 is 0. The van der Waals surface area contributed by atoms with Gasteiger partial charge in [0.05, 0.1) is 16.3 Å². The van der Waals surface area contributed by atoms with E-state index in [9.17, 15) is 9.59 Å². The summed E-state index contributed by atoms with van der Waals surface area (Å²) in [5.74, 6) is -1.77. The van der Waals surface area contributed by atoms with Gasteiger partial charge in [0.1, 0.15) is 5.92 Å². The molecule has 2 aromatic rings. The molecule has 1 heterocycles. The molecule has 1 fully saturated rings. The van der Waals surface area contributed by atoms with E-state index in [0.717, 1.165) is 5.56 Å². The third-order valence-corrected chi connectivity index (χ3v) is 4.76. The molecule has 0 spiro atoms. The maximum atomic E-state index is 12.4. The number of nitrogens with zero attached hydrogens (tertiary/aromatic N) is 1. The van der Waals surface area contributed by atoms with E-state index in [4.69, 9.17) is 23.2 Å². The standard InChI is InChI=1S/C18H15Cl2N3O2/c19-14-7-6-11(8-15(14)20)9-22-23-18(25)16-13(10-21-17(16)24)12-4-2-1-3-5-12/h1-9,13,16H,10H2,(H,21,24)(H,23,25)/b22-9+/t13-,16-/m1/s1. The van der Waals surface area contributed by atoms with Crippen LogP contribution < -0.4 is 10.7 Å². The van der Waals surface area contributed by atoms with Gasteiger partial charge >= 0.3 is 0 Å². The van der Waals surface area contributed by atoms with Gasteiger partial charge in [-0.3, -0.25) is 9.59 Å². The normalized spacial score (nSPS) is 19.8. The fourth-order valence-corrected chi connectivity index (χ4v) is 3.07. The number of rotatable bonds is 4. The van der Waals surface area contributed by atoms with Crippen LogP contribution in [0.2, 0.25) is 10.0 Å². The van der Waals surface area contributed by atoms with Crippen LogP contribution in [0.15, 0.2) is 53.6 Å². The Balaban J connectivity index is 1.69. The number of halogens is 2. The monoisotopic (exact) mass is 375 g/mol. The lowest BCUT2D eigenvalue weighted by molar-refractivity contribution is -0.133.